The van der Waals surface area contributed by atoms with Crippen molar-refractivity contribution in [1.82, 2.24) is 14.1 Å². The number of rotatable bonds is 13. The number of piperidine rings is 1. The Balaban J connectivity index is 2.20. The zero-order valence-corrected chi connectivity index (χ0v) is 23.0. The molecule has 0 spiro atoms. The molecule has 0 bridgehead atoms. The summed E-state index contributed by atoms with van der Waals surface area (Å²) in [5.41, 5.74) is 0.918. The number of nitrogens with zero attached hydrogens (tertiary/aromatic N) is 3. The molecule has 0 saturated carbocycles. The van der Waals surface area contributed by atoms with Gasteiger partial charge in [-0.05, 0) is 42.9 Å². The molecule has 1 aromatic carbocycles. The molecule has 35 heavy (non-hydrogen) atoms. The van der Waals surface area contributed by atoms with Crippen LogP contribution in [-0.4, -0.2) is 86.0 Å². The molecule has 0 aliphatic carbocycles. The molecule has 0 radical (unpaired) electrons. The first-order valence-electron chi connectivity index (χ1n) is 12.4. The predicted molar refractivity (Wildman–Crippen MR) is 139 cm³/mol. The van der Waals surface area contributed by atoms with E-state index in [0.29, 0.717) is 56.3 Å². The number of ether oxygens (including phenoxy) is 1. The molecule has 10 heteroatoms. The fourth-order valence-electron chi connectivity index (χ4n) is 4.25. The standard InChI is InChI=1S/C25H40ClN3O5S/c1-5-16-35(32,33)28(14-15-34-4)19-25(31)29(18-21-6-8-22(26)9-7-21)23-10-12-27(13-11-23)24(30)17-20(2)3/h6-9,20,23H,5,10-19H2,1-4H3. The van der Waals surface area contributed by atoms with Crippen molar-refractivity contribution < 1.29 is 22.7 Å². The monoisotopic (exact) mass is 529 g/mol. The van der Waals surface area contributed by atoms with Crippen molar-refractivity contribution in [1.29, 1.82) is 0 Å². The zero-order valence-electron chi connectivity index (χ0n) is 21.4. The third-order valence-electron chi connectivity index (χ3n) is 6.14. The fourth-order valence-corrected chi connectivity index (χ4v) is 5.81. The number of amides is 2. The van der Waals surface area contributed by atoms with E-state index in [1.807, 2.05) is 30.9 Å². The summed E-state index contributed by atoms with van der Waals surface area (Å²) in [6.07, 6.45) is 2.30. The summed E-state index contributed by atoms with van der Waals surface area (Å²) in [6.45, 7) is 7.49. The van der Waals surface area contributed by atoms with Gasteiger partial charge >= 0.3 is 0 Å². The highest BCUT2D eigenvalue weighted by Gasteiger charge is 2.32. The van der Waals surface area contributed by atoms with E-state index in [1.165, 1.54) is 11.4 Å². The summed E-state index contributed by atoms with van der Waals surface area (Å²) < 4.78 is 32.0. The Labute approximate surface area is 215 Å². The second-order valence-electron chi connectivity index (χ2n) is 9.50. The lowest BCUT2D eigenvalue weighted by atomic mass is 10.0. The van der Waals surface area contributed by atoms with Crippen molar-refractivity contribution in [2.24, 2.45) is 5.92 Å². The second-order valence-corrected chi connectivity index (χ2v) is 12.0. The van der Waals surface area contributed by atoms with Gasteiger partial charge in [-0.25, -0.2) is 8.42 Å². The molecule has 1 aliphatic heterocycles. The van der Waals surface area contributed by atoms with Crippen LogP contribution >= 0.6 is 11.6 Å². The van der Waals surface area contributed by atoms with E-state index >= 15 is 0 Å². The van der Waals surface area contributed by atoms with Crippen LogP contribution in [0.3, 0.4) is 0 Å². The largest absolute Gasteiger partial charge is 0.383 e. The fraction of sp³-hybridized carbons (Fsp3) is 0.680. The smallest absolute Gasteiger partial charge is 0.238 e. The van der Waals surface area contributed by atoms with Gasteiger partial charge in [-0.1, -0.05) is 44.5 Å². The number of sulfonamides is 1. The van der Waals surface area contributed by atoms with Crippen molar-refractivity contribution in [3.63, 3.8) is 0 Å². The van der Waals surface area contributed by atoms with Crippen molar-refractivity contribution in [3.8, 4) is 0 Å². The van der Waals surface area contributed by atoms with Gasteiger partial charge in [0.05, 0.1) is 18.9 Å². The Hall–Kier alpha value is -1.68. The molecular weight excluding hydrogens is 490 g/mol. The molecule has 0 unspecified atom stereocenters. The molecule has 1 saturated heterocycles. The van der Waals surface area contributed by atoms with E-state index in [0.717, 1.165) is 5.56 Å². The maximum atomic E-state index is 13.6. The van der Waals surface area contributed by atoms with Crippen molar-refractivity contribution >= 4 is 33.4 Å². The summed E-state index contributed by atoms with van der Waals surface area (Å²) in [6, 6.07) is 7.23. The van der Waals surface area contributed by atoms with Crippen LogP contribution in [0.15, 0.2) is 24.3 Å². The maximum absolute atomic E-state index is 13.6. The van der Waals surface area contributed by atoms with Crippen LogP contribution in [0.2, 0.25) is 5.02 Å². The molecule has 0 aromatic heterocycles. The number of methoxy groups -OCH3 is 1. The Kier molecular flexibility index (Phi) is 12.0. The molecule has 1 fully saturated rings. The highest BCUT2D eigenvalue weighted by atomic mass is 35.5. The van der Waals surface area contributed by atoms with Crippen LogP contribution in [0.1, 0.15) is 52.0 Å². The summed E-state index contributed by atoms with van der Waals surface area (Å²) >= 11 is 6.04. The van der Waals surface area contributed by atoms with E-state index < -0.39 is 10.0 Å². The van der Waals surface area contributed by atoms with Gasteiger partial charge in [0.1, 0.15) is 0 Å². The summed E-state index contributed by atoms with van der Waals surface area (Å²) in [4.78, 5) is 29.7. The van der Waals surface area contributed by atoms with Crippen LogP contribution in [0, 0.1) is 5.92 Å². The minimum absolute atomic E-state index is 0.0163. The number of likely N-dealkylation sites (tertiary alicyclic amines) is 1. The average Bonchev–Trinajstić information content (AvgIpc) is 2.80. The number of benzene rings is 1. The van der Waals surface area contributed by atoms with Crippen molar-refractivity contribution in [3.05, 3.63) is 34.9 Å². The van der Waals surface area contributed by atoms with E-state index in [-0.39, 0.29) is 43.3 Å². The topological polar surface area (TPSA) is 87.2 Å². The van der Waals surface area contributed by atoms with Gasteiger partial charge < -0.3 is 14.5 Å². The van der Waals surface area contributed by atoms with Gasteiger partial charge in [0, 0.05) is 50.8 Å². The molecule has 8 nitrogen and oxygen atoms in total. The van der Waals surface area contributed by atoms with Gasteiger partial charge in [-0.2, -0.15) is 4.31 Å². The summed E-state index contributed by atoms with van der Waals surface area (Å²) in [5.74, 6) is 0.178. The van der Waals surface area contributed by atoms with E-state index in [2.05, 4.69) is 0 Å². The molecule has 2 rings (SSSR count). The minimum Gasteiger partial charge on any atom is -0.383 e. The first kappa shape index (κ1) is 29.5. The third-order valence-corrected chi connectivity index (χ3v) is 8.41. The molecule has 0 atom stereocenters. The lowest BCUT2D eigenvalue weighted by Gasteiger charge is -2.39. The summed E-state index contributed by atoms with van der Waals surface area (Å²) in [7, 11) is -2.07. The number of hydrogen-bond acceptors (Lipinski definition) is 5. The Morgan fingerprint density at radius 2 is 1.80 bits per heavy atom. The molecular formula is C25H40ClN3O5S. The van der Waals surface area contributed by atoms with E-state index in [1.54, 1.807) is 24.0 Å². The quantitative estimate of drug-likeness (QED) is 0.391. The molecule has 1 aromatic rings. The Morgan fingerprint density at radius 1 is 1.17 bits per heavy atom. The van der Waals surface area contributed by atoms with Gasteiger partial charge in [-0.3, -0.25) is 9.59 Å². The lowest BCUT2D eigenvalue weighted by Crippen LogP contribution is -2.51. The molecule has 1 aliphatic rings. The minimum atomic E-state index is -3.58. The van der Waals surface area contributed by atoms with Crippen LogP contribution in [0.25, 0.3) is 0 Å². The summed E-state index contributed by atoms with van der Waals surface area (Å²) in [5, 5.41) is 0.611. The first-order chi connectivity index (χ1) is 16.6. The van der Waals surface area contributed by atoms with E-state index in [4.69, 9.17) is 16.3 Å². The zero-order chi connectivity index (χ0) is 26.0. The Morgan fingerprint density at radius 3 is 2.34 bits per heavy atom. The van der Waals surface area contributed by atoms with Gasteiger partial charge in [-0.15, -0.1) is 0 Å². The van der Waals surface area contributed by atoms with Crippen LogP contribution in [0.5, 0.6) is 0 Å². The normalized spacial score (nSPS) is 15.1. The number of halogens is 1. The number of carbonyl (C=O) groups is 2. The first-order valence-corrected chi connectivity index (χ1v) is 14.3. The molecule has 198 valence electrons. The van der Waals surface area contributed by atoms with Crippen LogP contribution < -0.4 is 0 Å². The second kappa shape index (κ2) is 14.2. The van der Waals surface area contributed by atoms with Crippen LogP contribution in [0.4, 0.5) is 0 Å². The lowest BCUT2D eigenvalue weighted by molar-refractivity contribution is -0.137. The van der Waals surface area contributed by atoms with Gasteiger partial charge in [0.25, 0.3) is 0 Å². The number of carbonyl (C=O) groups excluding carboxylic acids is 2. The van der Waals surface area contributed by atoms with Crippen LogP contribution in [-0.2, 0) is 30.9 Å². The molecule has 2 amide bonds. The average molecular weight is 530 g/mol. The van der Waals surface area contributed by atoms with Crippen molar-refractivity contribution in [2.45, 2.75) is 59.0 Å². The number of hydrogen-bond donors (Lipinski definition) is 0. The highest BCUT2D eigenvalue weighted by molar-refractivity contribution is 7.89. The van der Waals surface area contributed by atoms with Crippen molar-refractivity contribution in [2.75, 3.05) is 45.6 Å². The molecule has 0 N–H and O–H groups in total. The molecule has 1 heterocycles. The van der Waals surface area contributed by atoms with Gasteiger partial charge in [0.15, 0.2) is 0 Å². The highest BCUT2D eigenvalue weighted by Crippen LogP contribution is 2.22. The maximum Gasteiger partial charge on any atom is 0.238 e. The third kappa shape index (κ3) is 9.37. The predicted octanol–water partition coefficient (Wildman–Crippen LogP) is 3.39. The van der Waals surface area contributed by atoms with E-state index in [9.17, 15) is 18.0 Å². The van der Waals surface area contributed by atoms with Gasteiger partial charge in [0.2, 0.25) is 21.8 Å². The Bertz CT molecular complexity index is 916. The SMILES string of the molecule is CCCS(=O)(=O)N(CCOC)CC(=O)N(Cc1ccc(Cl)cc1)C1CCN(C(=O)CC(C)C)CC1.